The van der Waals surface area contributed by atoms with Gasteiger partial charge in [-0.3, -0.25) is 0 Å². The Balaban J connectivity index is 1.78. The van der Waals surface area contributed by atoms with E-state index >= 15 is 0 Å². The molecule has 2 bridgehead atoms. The molecule has 0 saturated carbocycles. The van der Waals surface area contributed by atoms with Crippen molar-refractivity contribution in [1.82, 2.24) is 10.2 Å². The zero-order valence-corrected chi connectivity index (χ0v) is 14.2. The smallest absolute Gasteiger partial charge is 0.408 e. The number of nitrogens with zero attached hydrogens (tertiary/aromatic N) is 1. The van der Waals surface area contributed by atoms with Crippen molar-refractivity contribution in [2.45, 2.75) is 83.2 Å². The number of carbonyl (C=O) groups excluding carboxylic acids is 2. The van der Waals surface area contributed by atoms with E-state index in [-0.39, 0.29) is 12.1 Å². The van der Waals surface area contributed by atoms with Crippen LogP contribution in [0.2, 0.25) is 0 Å². The van der Waals surface area contributed by atoms with Gasteiger partial charge >= 0.3 is 12.1 Å². The van der Waals surface area contributed by atoms with Gasteiger partial charge in [-0.2, -0.15) is 0 Å². The van der Waals surface area contributed by atoms with Crippen LogP contribution in [0.25, 0.3) is 0 Å². The van der Waals surface area contributed by atoms with Crippen molar-refractivity contribution < 1.29 is 19.1 Å². The molecule has 2 aliphatic heterocycles. The Hall–Kier alpha value is -1.30. The van der Waals surface area contributed by atoms with Crippen molar-refractivity contribution in [3.05, 3.63) is 0 Å². The molecule has 2 fully saturated rings. The largest absolute Gasteiger partial charge is 0.461 e. The van der Waals surface area contributed by atoms with Gasteiger partial charge < -0.3 is 19.7 Å². The molecule has 0 spiro atoms. The van der Waals surface area contributed by atoms with Crippen molar-refractivity contribution in [2.24, 2.45) is 0 Å². The molecule has 2 rings (SSSR count). The summed E-state index contributed by atoms with van der Waals surface area (Å²) in [4.78, 5) is 26.2. The summed E-state index contributed by atoms with van der Waals surface area (Å²) in [6.07, 6.45) is 3.50. The van der Waals surface area contributed by atoms with Crippen LogP contribution in [0.15, 0.2) is 0 Å². The number of fused-ring (bicyclic) bond motifs is 2. The van der Waals surface area contributed by atoms with Gasteiger partial charge in [0.15, 0.2) is 0 Å². The first-order chi connectivity index (χ1) is 10.2. The van der Waals surface area contributed by atoms with Crippen LogP contribution in [0.5, 0.6) is 0 Å². The lowest BCUT2D eigenvalue weighted by atomic mass is 10.0. The van der Waals surface area contributed by atoms with Crippen molar-refractivity contribution in [2.75, 3.05) is 7.05 Å². The molecule has 6 nitrogen and oxygen atoms in total. The molecule has 6 heteroatoms. The normalized spacial score (nSPS) is 29.8. The van der Waals surface area contributed by atoms with E-state index in [0.29, 0.717) is 12.1 Å². The maximum Gasteiger partial charge on any atom is 0.408 e. The molecule has 3 atom stereocenters. The molecule has 1 N–H and O–H groups in total. The Kier molecular flexibility index (Phi) is 5.00. The summed E-state index contributed by atoms with van der Waals surface area (Å²) in [7, 11) is 2.15. The van der Waals surface area contributed by atoms with Crippen LogP contribution in [0.4, 0.5) is 4.79 Å². The van der Waals surface area contributed by atoms with Crippen molar-refractivity contribution >= 4 is 12.1 Å². The minimum absolute atomic E-state index is 0.0379. The average molecular weight is 312 g/mol. The van der Waals surface area contributed by atoms with Crippen LogP contribution < -0.4 is 5.32 Å². The first-order valence-electron chi connectivity index (χ1n) is 8.07. The van der Waals surface area contributed by atoms with Gasteiger partial charge in [0.25, 0.3) is 0 Å². The molecule has 0 aromatic heterocycles. The average Bonchev–Trinajstić information content (AvgIpc) is 2.60. The predicted octanol–water partition coefficient (Wildman–Crippen LogP) is 2.07. The van der Waals surface area contributed by atoms with Crippen LogP contribution in [-0.2, 0) is 14.3 Å². The lowest BCUT2D eigenvalue weighted by molar-refractivity contribution is -0.154. The maximum absolute atomic E-state index is 12.1. The summed E-state index contributed by atoms with van der Waals surface area (Å²) < 4.78 is 10.7. The zero-order chi connectivity index (χ0) is 16.5. The van der Waals surface area contributed by atoms with Gasteiger partial charge in [-0.1, -0.05) is 0 Å². The van der Waals surface area contributed by atoms with Gasteiger partial charge in [-0.05, 0) is 60.4 Å². The van der Waals surface area contributed by atoms with E-state index in [1.54, 1.807) is 27.7 Å². The van der Waals surface area contributed by atoms with Crippen molar-refractivity contribution in [1.29, 1.82) is 0 Å². The van der Waals surface area contributed by atoms with Crippen LogP contribution in [0.3, 0.4) is 0 Å². The first kappa shape index (κ1) is 17.1. The molecule has 2 unspecified atom stereocenters. The van der Waals surface area contributed by atoms with Gasteiger partial charge in [0.1, 0.15) is 17.7 Å². The van der Waals surface area contributed by atoms with Crippen LogP contribution in [0, 0.1) is 0 Å². The predicted molar refractivity (Wildman–Crippen MR) is 82.5 cm³/mol. The lowest BCUT2D eigenvalue weighted by Gasteiger charge is -2.36. The molecule has 0 aromatic carbocycles. The summed E-state index contributed by atoms with van der Waals surface area (Å²) in [5.74, 6) is -0.389. The second-order valence-corrected chi connectivity index (χ2v) is 7.45. The summed E-state index contributed by atoms with van der Waals surface area (Å²) in [6, 6.07) is 0.337. The molecule has 2 saturated heterocycles. The second-order valence-electron chi connectivity index (χ2n) is 7.45. The summed E-state index contributed by atoms with van der Waals surface area (Å²) in [5.41, 5.74) is -0.582. The molecule has 0 aromatic rings. The molecule has 1 amide bonds. The molecular weight excluding hydrogens is 284 g/mol. The highest BCUT2D eigenvalue weighted by Crippen LogP contribution is 2.35. The summed E-state index contributed by atoms with van der Waals surface area (Å²) >= 11 is 0. The molecule has 0 radical (unpaired) electrons. The topological polar surface area (TPSA) is 67.9 Å². The number of carbonyl (C=O) groups is 2. The third-order valence-electron chi connectivity index (χ3n) is 4.42. The number of ether oxygens (including phenoxy) is 2. The van der Waals surface area contributed by atoms with Crippen LogP contribution in [0.1, 0.15) is 53.4 Å². The van der Waals surface area contributed by atoms with Gasteiger partial charge in [-0.25, -0.2) is 9.59 Å². The van der Waals surface area contributed by atoms with Gasteiger partial charge in [-0.15, -0.1) is 0 Å². The van der Waals surface area contributed by atoms with E-state index in [9.17, 15) is 9.59 Å². The fraction of sp³-hybridized carbons (Fsp3) is 0.875. The van der Waals surface area contributed by atoms with E-state index in [1.807, 2.05) is 0 Å². The molecule has 2 heterocycles. The number of piperidine rings is 1. The number of amides is 1. The molecular formula is C16H28N2O4. The zero-order valence-electron chi connectivity index (χ0n) is 14.2. The van der Waals surface area contributed by atoms with Crippen molar-refractivity contribution in [3.63, 3.8) is 0 Å². The first-order valence-corrected chi connectivity index (χ1v) is 8.07. The number of hydrogen-bond donors (Lipinski definition) is 1. The van der Waals surface area contributed by atoms with Gasteiger partial charge in [0.05, 0.1) is 0 Å². The van der Waals surface area contributed by atoms with Gasteiger partial charge in [0.2, 0.25) is 0 Å². The molecule has 126 valence electrons. The number of alkyl carbamates (subject to hydrolysis) is 1. The van der Waals surface area contributed by atoms with Gasteiger partial charge in [0, 0.05) is 12.1 Å². The number of hydrogen-bond acceptors (Lipinski definition) is 5. The third kappa shape index (κ3) is 4.35. The van der Waals surface area contributed by atoms with E-state index in [2.05, 4.69) is 17.3 Å². The van der Waals surface area contributed by atoms with Crippen LogP contribution >= 0.6 is 0 Å². The van der Waals surface area contributed by atoms with Crippen molar-refractivity contribution in [3.8, 4) is 0 Å². The molecule has 22 heavy (non-hydrogen) atoms. The fourth-order valence-corrected chi connectivity index (χ4v) is 3.27. The Morgan fingerprint density at radius 2 is 1.73 bits per heavy atom. The Labute approximate surface area is 132 Å². The quantitative estimate of drug-likeness (QED) is 0.808. The van der Waals surface area contributed by atoms with E-state index in [1.165, 1.54) is 12.8 Å². The van der Waals surface area contributed by atoms with E-state index < -0.39 is 17.7 Å². The number of nitrogens with one attached hydrogen (secondary N) is 1. The Morgan fingerprint density at radius 1 is 1.18 bits per heavy atom. The Bertz CT molecular complexity index is 418. The fourth-order valence-electron chi connectivity index (χ4n) is 3.27. The minimum atomic E-state index is -0.702. The lowest BCUT2D eigenvalue weighted by Crippen LogP contribution is -2.47. The summed E-state index contributed by atoms with van der Waals surface area (Å²) in [6.45, 7) is 6.97. The Morgan fingerprint density at radius 3 is 2.23 bits per heavy atom. The monoisotopic (exact) mass is 312 g/mol. The highest BCUT2D eigenvalue weighted by atomic mass is 16.6. The van der Waals surface area contributed by atoms with Crippen LogP contribution in [-0.4, -0.2) is 53.8 Å². The molecule has 0 aliphatic carbocycles. The minimum Gasteiger partial charge on any atom is -0.461 e. The number of esters is 1. The highest BCUT2D eigenvalue weighted by Gasteiger charge is 2.40. The SMILES string of the molecule is C[C@H](NC(=O)OC(C)(C)C)C(=O)OC1CC2CCC(C1)N2C. The molecule has 2 aliphatic rings. The highest BCUT2D eigenvalue weighted by molar-refractivity contribution is 5.81. The second kappa shape index (κ2) is 6.44. The maximum atomic E-state index is 12.1. The number of rotatable bonds is 3. The van der Waals surface area contributed by atoms with E-state index in [0.717, 1.165) is 12.8 Å². The van der Waals surface area contributed by atoms with E-state index in [4.69, 9.17) is 9.47 Å². The summed E-state index contributed by atoms with van der Waals surface area (Å²) in [5, 5.41) is 2.53. The third-order valence-corrected chi connectivity index (χ3v) is 4.42. The standard InChI is InChI=1S/C16H28N2O4/c1-10(17-15(20)22-16(2,3)4)14(19)21-13-8-11-6-7-12(9-13)18(11)5/h10-13H,6-9H2,1-5H3,(H,17,20)/t10-,11?,12?,13?/m0/s1.